The van der Waals surface area contributed by atoms with Gasteiger partial charge in [0.05, 0.1) is 12.0 Å². The summed E-state index contributed by atoms with van der Waals surface area (Å²) in [4.78, 5) is 14.0. The van der Waals surface area contributed by atoms with Gasteiger partial charge in [0.25, 0.3) is 0 Å². The quantitative estimate of drug-likeness (QED) is 0.474. The van der Waals surface area contributed by atoms with Crippen LogP contribution in [0.4, 0.5) is 13.2 Å². The zero-order valence-corrected chi connectivity index (χ0v) is 9.28. The summed E-state index contributed by atoms with van der Waals surface area (Å²) >= 11 is 0. The summed E-state index contributed by atoms with van der Waals surface area (Å²) in [6.45, 7) is -0.0886. The molecule has 0 aliphatic carbocycles. The van der Waals surface area contributed by atoms with E-state index in [0.717, 1.165) is 12.1 Å². The van der Waals surface area contributed by atoms with Crippen molar-refractivity contribution in [2.45, 2.75) is 12.6 Å². The largest absolute Gasteiger partial charge is 0.457 e. The van der Waals surface area contributed by atoms with Gasteiger partial charge in [-0.25, -0.2) is 0 Å². The van der Waals surface area contributed by atoms with Crippen molar-refractivity contribution in [2.24, 2.45) is 0 Å². The van der Waals surface area contributed by atoms with E-state index >= 15 is 0 Å². The maximum atomic E-state index is 12.3. The molecule has 0 spiro atoms. The van der Waals surface area contributed by atoms with Crippen molar-refractivity contribution in [2.75, 3.05) is 13.2 Å². The molecule has 7 heteroatoms. The molecule has 0 N–H and O–H groups in total. The predicted octanol–water partition coefficient (Wildman–Crippen LogP) is 2.64. The highest BCUT2D eigenvalue weighted by Gasteiger charge is 2.29. The molecule has 0 heterocycles. The highest BCUT2D eigenvalue weighted by atomic mass is 19.4. The molecule has 0 atom stereocenters. The van der Waals surface area contributed by atoms with E-state index < -0.39 is 17.7 Å². The summed E-state index contributed by atoms with van der Waals surface area (Å²) in [5.41, 5.74) is -0.340. The smallest absolute Gasteiger partial charge is 0.416 e. The number of esters is 1. The van der Waals surface area contributed by atoms with Gasteiger partial charge < -0.3 is 4.74 Å². The van der Waals surface area contributed by atoms with E-state index in [2.05, 4.69) is 9.71 Å². The lowest BCUT2D eigenvalue weighted by Gasteiger charge is -2.07. The maximum absolute atomic E-state index is 12.3. The van der Waals surface area contributed by atoms with Gasteiger partial charge in [-0.15, -0.1) is 0 Å². The number of carbonyl (C=O) groups is 1. The van der Waals surface area contributed by atoms with Crippen LogP contribution < -0.4 is 0 Å². The molecular weight excluding hydrogens is 249 g/mol. The van der Waals surface area contributed by atoms with Crippen molar-refractivity contribution in [1.29, 1.82) is 5.39 Å². The minimum atomic E-state index is -4.39. The fraction of sp³-hybridized carbons (Fsp3) is 0.364. The molecule has 0 amide bonds. The zero-order valence-electron chi connectivity index (χ0n) is 9.28. The highest BCUT2D eigenvalue weighted by Crippen LogP contribution is 2.29. The molecule has 1 aromatic carbocycles. The third-order valence-electron chi connectivity index (χ3n) is 2.08. The second-order valence-corrected chi connectivity index (χ2v) is 3.46. The predicted molar refractivity (Wildman–Crippen MR) is 56.1 cm³/mol. The van der Waals surface area contributed by atoms with Gasteiger partial charge in [0.2, 0.25) is 5.39 Å². The number of alkyl halides is 3. The summed E-state index contributed by atoms with van der Waals surface area (Å²) in [5, 5.41) is 8.10. The topological polar surface area (TPSA) is 54.4 Å². The van der Waals surface area contributed by atoms with E-state index in [1.54, 1.807) is 0 Å². The molecular formula is C11H10F3N2O2+. The number of benzene rings is 1. The fourth-order valence-electron chi connectivity index (χ4n) is 1.23. The molecule has 0 saturated heterocycles. The second kappa shape index (κ2) is 6.00. The molecule has 4 nitrogen and oxygen atoms in total. The first kappa shape index (κ1) is 14.0. The molecule has 1 aromatic rings. The number of nitrogens with zero attached hydrogens (tertiary/aromatic N) is 2. The van der Waals surface area contributed by atoms with Gasteiger partial charge in [0.1, 0.15) is 4.98 Å². The molecule has 0 aromatic heterocycles. The van der Waals surface area contributed by atoms with Gasteiger partial charge >= 0.3 is 18.7 Å². The van der Waals surface area contributed by atoms with Crippen LogP contribution in [-0.4, -0.2) is 19.1 Å². The lowest BCUT2D eigenvalue weighted by atomic mass is 10.1. The summed E-state index contributed by atoms with van der Waals surface area (Å²) in [6.07, 6.45) is -4.51. The van der Waals surface area contributed by atoms with Crippen LogP contribution in [0.1, 0.15) is 11.1 Å². The third kappa shape index (κ3) is 4.41. The lowest BCUT2D eigenvalue weighted by molar-refractivity contribution is -0.142. The molecule has 0 aliphatic heterocycles. The van der Waals surface area contributed by atoms with Crippen LogP contribution >= 0.6 is 0 Å². The second-order valence-electron chi connectivity index (χ2n) is 3.46. The van der Waals surface area contributed by atoms with Crippen LogP contribution in [0.5, 0.6) is 0 Å². The Morgan fingerprint density at radius 2 is 1.89 bits per heavy atom. The van der Waals surface area contributed by atoms with Crippen molar-refractivity contribution in [1.82, 2.24) is 0 Å². The monoisotopic (exact) mass is 259 g/mol. The van der Waals surface area contributed by atoms with Crippen LogP contribution in [0.25, 0.3) is 4.98 Å². The molecule has 0 bridgehead atoms. The van der Waals surface area contributed by atoms with Crippen LogP contribution in [0.2, 0.25) is 0 Å². The van der Waals surface area contributed by atoms with E-state index in [1.165, 1.54) is 12.1 Å². The number of hydrogen-bond acceptors (Lipinski definition) is 3. The van der Waals surface area contributed by atoms with Crippen molar-refractivity contribution >= 4 is 5.97 Å². The van der Waals surface area contributed by atoms with Gasteiger partial charge in [-0.05, 0) is 17.7 Å². The summed E-state index contributed by atoms with van der Waals surface area (Å²) in [7, 11) is 0. The van der Waals surface area contributed by atoms with E-state index in [9.17, 15) is 18.0 Å². The minimum absolute atomic E-state index is 0.0290. The van der Waals surface area contributed by atoms with Crippen LogP contribution in [0.3, 0.4) is 0 Å². The first-order valence-electron chi connectivity index (χ1n) is 5.06. The first-order chi connectivity index (χ1) is 8.43. The van der Waals surface area contributed by atoms with E-state index in [4.69, 9.17) is 5.39 Å². The molecule has 0 saturated carbocycles. The van der Waals surface area contributed by atoms with E-state index in [-0.39, 0.29) is 19.6 Å². The van der Waals surface area contributed by atoms with Gasteiger partial charge in [-0.2, -0.15) is 13.2 Å². The molecule has 0 unspecified atom stereocenters. The zero-order chi connectivity index (χ0) is 13.6. The van der Waals surface area contributed by atoms with Gasteiger partial charge in [-0.3, -0.25) is 4.79 Å². The van der Waals surface area contributed by atoms with Crippen LogP contribution in [0.15, 0.2) is 24.3 Å². The maximum Gasteiger partial charge on any atom is 0.416 e. The Hall–Kier alpha value is -2.10. The molecule has 96 valence electrons. The lowest BCUT2D eigenvalue weighted by Crippen LogP contribution is -2.10. The van der Waals surface area contributed by atoms with Crippen molar-refractivity contribution < 1.29 is 22.7 Å². The molecule has 0 aliphatic rings. The van der Waals surface area contributed by atoms with Crippen molar-refractivity contribution in [3.8, 4) is 0 Å². The molecule has 18 heavy (non-hydrogen) atoms. The fourth-order valence-corrected chi connectivity index (χ4v) is 1.23. The van der Waals surface area contributed by atoms with E-state index in [1.807, 2.05) is 0 Å². The molecule has 1 rings (SSSR count). The number of hydrogen-bond donors (Lipinski definition) is 0. The Bertz CT molecular complexity index is 449. The SMILES string of the molecule is N#[N+]CCOC(=O)Cc1ccc(C(F)(F)F)cc1. The summed E-state index contributed by atoms with van der Waals surface area (Å²) in [5.74, 6) is -0.585. The number of halogens is 3. The Kier molecular flexibility index (Phi) is 4.66. The van der Waals surface area contributed by atoms with Crippen molar-refractivity contribution in [3.63, 3.8) is 0 Å². The Labute approximate surface area is 101 Å². The van der Waals surface area contributed by atoms with Gasteiger partial charge in [0, 0.05) is 0 Å². The van der Waals surface area contributed by atoms with Crippen LogP contribution in [0, 0.1) is 5.39 Å². The number of carbonyl (C=O) groups excluding carboxylic acids is 1. The Balaban J connectivity index is 2.54. The highest BCUT2D eigenvalue weighted by molar-refractivity contribution is 5.72. The van der Waals surface area contributed by atoms with Gasteiger partial charge in [0.15, 0.2) is 6.61 Å². The van der Waals surface area contributed by atoms with Crippen LogP contribution in [-0.2, 0) is 22.1 Å². The normalized spacial score (nSPS) is 10.8. The average Bonchev–Trinajstić information content (AvgIpc) is 2.29. The number of diazo groups is 1. The summed E-state index contributed by atoms with van der Waals surface area (Å²) in [6, 6.07) is 4.26. The van der Waals surface area contributed by atoms with Crippen molar-refractivity contribution in [3.05, 3.63) is 40.4 Å². The first-order valence-corrected chi connectivity index (χ1v) is 5.06. The molecule has 0 fully saturated rings. The summed E-state index contributed by atoms with van der Waals surface area (Å²) < 4.78 is 41.5. The Morgan fingerprint density at radius 1 is 1.28 bits per heavy atom. The molecule has 0 radical (unpaired) electrons. The minimum Gasteiger partial charge on any atom is -0.457 e. The van der Waals surface area contributed by atoms with E-state index in [0.29, 0.717) is 5.56 Å². The number of rotatable bonds is 4. The average molecular weight is 259 g/mol. The third-order valence-corrected chi connectivity index (χ3v) is 2.08. The number of ether oxygens (including phenoxy) is 1. The van der Waals surface area contributed by atoms with Gasteiger partial charge in [-0.1, -0.05) is 12.1 Å². The standard InChI is InChI=1S/C11H10F3N2O2/c12-11(13,14)9-3-1-8(2-4-9)7-10(17)18-6-5-16-15/h1-4H,5-7H2/q+1. The Morgan fingerprint density at radius 3 is 2.39 bits per heavy atom.